The summed E-state index contributed by atoms with van der Waals surface area (Å²) in [5.74, 6) is 0.174. The summed E-state index contributed by atoms with van der Waals surface area (Å²) in [6.45, 7) is 6.92. The number of rotatable bonds is 2. The molecule has 2 N–H and O–H groups in total. The van der Waals surface area contributed by atoms with Gasteiger partial charge in [0.05, 0.1) is 6.04 Å². The molecule has 1 aromatic rings. The Kier molecular flexibility index (Phi) is 3.20. The SMILES string of the molecule is CCN1C(=O)CC(N)C1c1c(C)cccc1C. The van der Waals surface area contributed by atoms with Gasteiger partial charge in [-0.1, -0.05) is 18.2 Å². The predicted molar refractivity (Wildman–Crippen MR) is 68.6 cm³/mol. The first-order chi connectivity index (χ1) is 8.06. The molecule has 1 heterocycles. The molecule has 0 radical (unpaired) electrons. The van der Waals surface area contributed by atoms with Crippen LogP contribution in [0.2, 0.25) is 0 Å². The van der Waals surface area contributed by atoms with Crippen molar-refractivity contribution in [1.82, 2.24) is 4.90 Å². The van der Waals surface area contributed by atoms with Gasteiger partial charge in [-0.2, -0.15) is 0 Å². The maximum Gasteiger partial charge on any atom is 0.224 e. The second-order valence-corrected chi connectivity index (χ2v) is 4.80. The highest BCUT2D eigenvalue weighted by atomic mass is 16.2. The highest BCUT2D eigenvalue weighted by Gasteiger charge is 2.38. The summed E-state index contributed by atoms with van der Waals surface area (Å²) in [6, 6.07) is 6.19. The largest absolute Gasteiger partial charge is 0.334 e. The van der Waals surface area contributed by atoms with E-state index in [4.69, 9.17) is 5.73 Å². The Balaban J connectivity index is 2.48. The molecule has 17 heavy (non-hydrogen) atoms. The first kappa shape index (κ1) is 12.1. The lowest BCUT2D eigenvalue weighted by Crippen LogP contribution is -2.33. The molecule has 92 valence electrons. The average Bonchev–Trinajstić information content (AvgIpc) is 2.53. The zero-order chi connectivity index (χ0) is 12.6. The first-order valence-corrected chi connectivity index (χ1v) is 6.17. The topological polar surface area (TPSA) is 46.3 Å². The number of carbonyl (C=O) groups is 1. The molecule has 0 aromatic heterocycles. The van der Waals surface area contributed by atoms with Crippen LogP contribution >= 0.6 is 0 Å². The maximum absolute atomic E-state index is 11.9. The highest BCUT2D eigenvalue weighted by molar-refractivity contribution is 5.80. The Labute approximate surface area is 103 Å². The molecule has 0 spiro atoms. The lowest BCUT2D eigenvalue weighted by Gasteiger charge is -2.28. The highest BCUT2D eigenvalue weighted by Crippen LogP contribution is 2.35. The van der Waals surface area contributed by atoms with Gasteiger partial charge < -0.3 is 10.6 Å². The van der Waals surface area contributed by atoms with E-state index in [2.05, 4.69) is 26.0 Å². The monoisotopic (exact) mass is 232 g/mol. The molecule has 2 atom stereocenters. The van der Waals surface area contributed by atoms with Gasteiger partial charge in [0.15, 0.2) is 0 Å². The molecule has 3 heteroatoms. The molecule has 1 aromatic carbocycles. The van der Waals surface area contributed by atoms with Crippen LogP contribution in [0.15, 0.2) is 18.2 Å². The molecule has 2 unspecified atom stereocenters. The van der Waals surface area contributed by atoms with Crippen LogP contribution in [-0.2, 0) is 4.79 Å². The Bertz CT molecular complexity index is 422. The maximum atomic E-state index is 11.9. The fraction of sp³-hybridized carbons (Fsp3) is 0.500. The number of amides is 1. The summed E-state index contributed by atoms with van der Waals surface area (Å²) in [5, 5.41) is 0. The van der Waals surface area contributed by atoms with Crippen LogP contribution in [0.4, 0.5) is 0 Å². The van der Waals surface area contributed by atoms with E-state index in [1.54, 1.807) is 0 Å². The van der Waals surface area contributed by atoms with E-state index in [1.807, 2.05) is 17.9 Å². The zero-order valence-corrected chi connectivity index (χ0v) is 10.7. The average molecular weight is 232 g/mol. The number of carbonyl (C=O) groups excluding carboxylic acids is 1. The van der Waals surface area contributed by atoms with Gasteiger partial charge >= 0.3 is 0 Å². The standard InChI is InChI=1S/C14H20N2O/c1-4-16-12(17)8-11(15)14(16)13-9(2)6-5-7-10(13)3/h5-7,11,14H,4,8,15H2,1-3H3. The second kappa shape index (κ2) is 4.49. The Morgan fingerprint density at radius 3 is 2.47 bits per heavy atom. The number of hydrogen-bond donors (Lipinski definition) is 1. The van der Waals surface area contributed by atoms with Crippen LogP contribution in [0.25, 0.3) is 0 Å². The van der Waals surface area contributed by atoms with Crippen molar-refractivity contribution in [2.45, 2.75) is 39.3 Å². The number of nitrogens with zero attached hydrogens (tertiary/aromatic N) is 1. The number of benzene rings is 1. The summed E-state index contributed by atoms with van der Waals surface area (Å²) >= 11 is 0. The third-order valence-corrected chi connectivity index (χ3v) is 3.65. The van der Waals surface area contributed by atoms with Crippen LogP contribution in [-0.4, -0.2) is 23.4 Å². The molecule has 0 aliphatic carbocycles. The quantitative estimate of drug-likeness (QED) is 0.846. The van der Waals surface area contributed by atoms with Gasteiger partial charge in [0, 0.05) is 19.0 Å². The summed E-state index contributed by atoms with van der Waals surface area (Å²) in [7, 11) is 0. The van der Waals surface area contributed by atoms with Crippen molar-refractivity contribution in [2.75, 3.05) is 6.54 Å². The van der Waals surface area contributed by atoms with Crippen LogP contribution in [0, 0.1) is 13.8 Å². The number of aryl methyl sites for hydroxylation is 2. The molecule has 0 saturated carbocycles. The Morgan fingerprint density at radius 1 is 1.35 bits per heavy atom. The van der Waals surface area contributed by atoms with Crippen molar-refractivity contribution in [2.24, 2.45) is 5.73 Å². The normalized spacial score (nSPS) is 24.5. The molecule has 1 fully saturated rings. The van der Waals surface area contributed by atoms with E-state index in [9.17, 15) is 4.79 Å². The van der Waals surface area contributed by atoms with Gasteiger partial charge in [0.2, 0.25) is 5.91 Å². The summed E-state index contributed by atoms with van der Waals surface area (Å²) in [5.41, 5.74) is 9.81. The number of nitrogens with two attached hydrogens (primary N) is 1. The van der Waals surface area contributed by atoms with E-state index in [0.29, 0.717) is 6.42 Å². The third kappa shape index (κ3) is 1.95. The van der Waals surface area contributed by atoms with Crippen LogP contribution in [0.1, 0.15) is 36.1 Å². The van der Waals surface area contributed by atoms with Gasteiger partial charge in [-0.25, -0.2) is 0 Å². The summed E-state index contributed by atoms with van der Waals surface area (Å²) in [4.78, 5) is 13.8. The fourth-order valence-electron chi connectivity index (χ4n) is 2.85. The van der Waals surface area contributed by atoms with Crippen LogP contribution < -0.4 is 5.73 Å². The van der Waals surface area contributed by atoms with Crippen molar-refractivity contribution in [1.29, 1.82) is 0 Å². The Hall–Kier alpha value is -1.35. The summed E-state index contributed by atoms with van der Waals surface area (Å²) in [6.07, 6.45) is 0.465. The molecule has 1 aliphatic heterocycles. The minimum atomic E-state index is -0.0812. The smallest absolute Gasteiger partial charge is 0.224 e. The van der Waals surface area contributed by atoms with Gasteiger partial charge in [0.1, 0.15) is 0 Å². The lowest BCUT2D eigenvalue weighted by atomic mass is 9.92. The molecule has 1 amide bonds. The number of likely N-dealkylation sites (N-methyl/N-ethyl adjacent to an activating group) is 1. The fourth-order valence-corrected chi connectivity index (χ4v) is 2.85. The molecular formula is C14H20N2O. The molecular weight excluding hydrogens is 212 g/mol. The van der Waals surface area contributed by atoms with Crippen molar-refractivity contribution in [3.05, 3.63) is 34.9 Å². The number of likely N-dealkylation sites (tertiary alicyclic amines) is 1. The minimum absolute atomic E-state index is 0.0497. The first-order valence-electron chi connectivity index (χ1n) is 6.17. The van der Waals surface area contributed by atoms with E-state index < -0.39 is 0 Å². The molecule has 1 aliphatic rings. The summed E-state index contributed by atoms with van der Waals surface area (Å²) < 4.78 is 0. The number of hydrogen-bond acceptors (Lipinski definition) is 2. The molecule has 3 nitrogen and oxygen atoms in total. The van der Waals surface area contributed by atoms with Crippen molar-refractivity contribution in [3.8, 4) is 0 Å². The minimum Gasteiger partial charge on any atom is -0.334 e. The van der Waals surface area contributed by atoms with E-state index in [0.717, 1.165) is 6.54 Å². The van der Waals surface area contributed by atoms with Crippen molar-refractivity contribution < 1.29 is 4.79 Å². The Morgan fingerprint density at radius 2 is 1.94 bits per heavy atom. The van der Waals surface area contributed by atoms with Gasteiger partial charge in [-0.05, 0) is 37.5 Å². The van der Waals surface area contributed by atoms with Gasteiger partial charge in [-0.15, -0.1) is 0 Å². The molecule has 0 bridgehead atoms. The van der Waals surface area contributed by atoms with Gasteiger partial charge in [-0.3, -0.25) is 4.79 Å². The van der Waals surface area contributed by atoms with E-state index >= 15 is 0 Å². The van der Waals surface area contributed by atoms with Gasteiger partial charge in [0.25, 0.3) is 0 Å². The lowest BCUT2D eigenvalue weighted by molar-refractivity contribution is -0.128. The van der Waals surface area contributed by atoms with Crippen LogP contribution in [0.3, 0.4) is 0 Å². The molecule has 2 rings (SSSR count). The third-order valence-electron chi connectivity index (χ3n) is 3.65. The second-order valence-electron chi connectivity index (χ2n) is 4.80. The van der Waals surface area contributed by atoms with Crippen LogP contribution in [0.5, 0.6) is 0 Å². The zero-order valence-electron chi connectivity index (χ0n) is 10.7. The van der Waals surface area contributed by atoms with E-state index in [1.165, 1.54) is 16.7 Å². The molecule has 1 saturated heterocycles. The van der Waals surface area contributed by atoms with Crippen molar-refractivity contribution in [3.63, 3.8) is 0 Å². The predicted octanol–water partition coefficient (Wildman–Crippen LogP) is 1.92. The van der Waals surface area contributed by atoms with E-state index in [-0.39, 0.29) is 18.0 Å². The van der Waals surface area contributed by atoms with Crippen molar-refractivity contribution >= 4 is 5.91 Å².